The molecule has 0 amide bonds. The molecule has 0 aliphatic rings. The van der Waals surface area contributed by atoms with E-state index in [9.17, 15) is 14.9 Å². The van der Waals surface area contributed by atoms with Crippen molar-refractivity contribution in [3.8, 4) is 0 Å². The molecule has 20 heavy (non-hydrogen) atoms. The predicted molar refractivity (Wildman–Crippen MR) is 75.5 cm³/mol. The topological polar surface area (TPSA) is 92.9 Å². The molecule has 0 saturated carbocycles. The second-order valence-electron chi connectivity index (χ2n) is 4.14. The van der Waals surface area contributed by atoms with Gasteiger partial charge in [-0.25, -0.2) is 4.79 Å². The van der Waals surface area contributed by atoms with Crippen LogP contribution in [0.3, 0.4) is 0 Å². The zero-order chi connectivity index (χ0) is 14.4. The summed E-state index contributed by atoms with van der Waals surface area (Å²) in [5.74, 6) is -1.30. The summed E-state index contributed by atoms with van der Waals surface area (Å²) in [7, 11) is 3.45. The molecule has 1 aromatic rings. The number of rotatable bonds is 7. The first kappa shape index (κ1) is 18.3. The molecular weight excluding hydrogens is 288 g/mol. The van der Waals surface area contributed by atoms with Crippen LogP contribution in [-0.2, 0) is 11.3 Å². The minimum absolute atomic E-state index is 0. The van der Waals surface area contributed by atoms with Gasteiger partial charge in [-0.2, -0.15) is 0 Å². The third-order valence-electron chi connectivity index (χ3n) is 2.62. The lowest BCUT2D eigenvalue weighted by molar-refractivity contribution is -0.385. The van der Waals surface area contributed by atoms with Crippen molar-refractivity contribution >= 4 is 24.1 Å². The van der Waals surface area contributed by atoms with Gasteiger partial charge in [-0.1, -0.05) is 6.07 Å². The van der Waals surface area contributed by atoms with Crippen LogP contribution >= 0.6 is 12.4 Å². The monoisotopic (exact) mass is 304 g/mol. The third kappa shape index (κ3) is 5.12. The van der Waals surface area contributed by atoms with Gasteiger partial charge in [-0.3, -0.25) is 15.0 Å². The van der Waals surface area contributed by atoms with E-state index in [0.717, 1.165) is 0 Å². The van der Waals surface area contributed by atoms with E-state index in [-0.39, 0.29) is 23.7 Å². The molecule has 1 aromatic carbocycles. The van der Waals surface area contributed by atoms with E-state index >= 15 is 0 Å². The molecule has 0 aliphatic heterocycles. The Balaban J connectivity index is 0.00000361. The normalized spacial score (nSPS) is 10.2. The van der Waals surface area contributed by atoms with E-state index in [4.69, 9.17) is 9.84 Å². The van der Waals surface area contributed by atoms with Gasteiger partial charge in [0.15, 0.2) is 0 Å². The van der Waals surface area contributed by atoms with Crippen molar-refractivity contribution in [2.45, 2.75) is 6.54 Å². The van der Waals surface area contributed by atoms with Crippen LogP contribution < -0.4 is 0 Å². The highest BCUT2D eigenvalue weighted by Crippen LogP contribution is 2.21. The van der Waals surface area contributed by atoms with Crippen LogP contribution in [0.15, 0.2) is 18.2 Å². The molecule has 0 spiro atoms. The first-order valence-electron chi connectivity index (χ1n) is 5.63. The van der Waals surface area contributed by atoms with Crippen molar-refractivity contribution in [2.75, 3.05) is 27.3 Å². The number of methoxy groups -OCH3 is 1. The van der Waals surface area contributed by atoms with Crippen molar-refractivity contribution in [1.29, 1.82) is 0 Å². The Morgan fingerprint density at radius 3 is 2.65 bits per heavy atom. The molecule has 0 saturated heterocycles. The number of aromatic carboxylic acids is 1. The average Bonchev–Trinajstić information content (AvgIpc) is 2.35. The minimum Gasteiger partial charge on any atom is -0.477 e. The van der Waals surface area contributed by atoms with Gasteiger partial charge < -0.3 is 9.84 Å². The van der Waals surface area contributed by atoms with E-state index in [1.54, 1.807) is 13.2 Å². The number of carboxylic acid groups (broad SMARTS) is 1. The van der Waals surface area contributed by atoms with Crippen LogP contribution in [0.2, 0.25) is 0 Å². The number of carboxylic acids is 1. The lowest BCUT2D eigenvalue weighted by Gasteiger charge is -2.16. The lowest BCUT2D eigenvalue weighted by Crippen LogP contribution is -2.22. The van der Waals surface area contributed by atoms with Gasteiger partial charge in [0.1, 0.15) is 5.56 Å². The summed E-state index contributed by atoms with van der Waals surface area (Å²) in [4.78, 5) is 23.0. The second kappa shape index (κ2) is 8.47. The Bertz CT molecular complexity index is 481. The van der Waals surface area contributed by atoms with Crippen molar-refractivity contribution < 1.29 is 19.6 Å². The van der Waals surface area contributed by atoms with Crippen molar-refractivity contribution in [1.82, 2.24) is 4.90 Å². The number of hydrogen-bond donors (Lipinski definition) is 1. The maximum absolute atomic E-state index is 10.9. The van der Waals surface area contributed by atoms with E-state index < -0.39 is 10.9 Å². The number of nitrogens with zero attached hydrogens (tertiary/aromatic N) is 2. The van der Waals surface area contributed by atoms with Gasteiger partial charge >= 0.3 is 5.97 Å². The van der Waals surface area contributed by atoms with E-state index in [1.807, 2.05) is 11.9 Å². The maximum atomic E-state index is 10.9. The fourth-order valence-electron chi connectivity index (χ4n) is 1.65. The first-order chi connectivity index (χ1) is 8.95. The average molecular weight is 305 g/mol. The fraction of sp³-hybridized carbons (Fsp3) is 0.417. The Hall–Kier alpha value is -1.70. The highest BCUT2D eigenvalue weighted by molar-refractivity contribution is 5.92. The van der Waals surface area contributed by atoms with Crippen LogP contribution in [0, 0.1) is 10.1 Å². The standard InChI is InChI=1S/C12H16N2O5.ClH/c1-13(5-6-19-2)8-9-3-4-10(12(15)16)11(7-9)14(17)18;/h3-4,7H,5-6,8H2,1-2H3,(H,15,16);1H. The molecule has 0 aromatic heterocycles. The summed E-state index contributed by atoms with van der Waals surface area (Å²) in [6.45, 7) is 1.74. The highest BCUT2D eigenvalue weighted by Gasteiger charge is 2.20. The first-order valence-corrected chi connectivity index (χ1v) is 5.63. The summed E-state index contributed by atoms with van der Waals surface area (Å²) in [6.07, 6.45) is 0. The fourth-order valence-corrected chi connectivity index (χ4v) is 1.65. The summed E-state index contributed by atoms with van der Waals surface area (Å²) in [6, 6.07) is 4.15. The number of halogens is 1. The number of benzene rings is 1. The molecule has 0 heterocycles. The molecule has 8 heteroatoms. The van der Waals surface area contributed by atoms with Crippen molar-refractivity contribution in [3.63, 3.8) is 0 Å². The van der Waals surface area contributed by atoms with E-state index in [0.29, 0.717) is 25.3 Å². The number of nitro groups is 1. The Kier molecular flexibility index (Phi) is 7.75. The van der Waals surface area contributed by atoms with Crippen LogP contribution in [-0.4, -0.2) is 48.2 Å². The summed E-state index contributed by atoms with van der Waals surface area (Å²) < 4.78 is 4.94. The maximum Gasteiger partial charge on any atom is 0.342 e. The summed E-state index contributed by atoms with van der Waals surface area (Å²) in [5, 5.41) is 19.7. The molecule has 1 rings (SSSR count). The van der Waals surface area contributed by atoms with E-state index in [2.05, 4.69) is 0 Å². The molecule has 112 valence electrons. The quantitative estimate of drug-likeness (QED) is 0.610. The van der Waals surface area contributed by atoms with Gasteiger partial charge in [0.25, 0.3) is 5.69 Å². The second-order valence-corrected chi connectivity index (χ2v) is 4.14. The highest BCUT2D eigenvalue weighted by atomic mass is 35.5. The van der Waals surface area contributed by atoms with Gasteiger partial charge in [0.2, 0.25) is 0 Å². The predicted octanol–water partition coefficient (Wildman–Crippen LogP) is 1.79. The number of carbonyl (C=O) groups is 1. The number of likely N-dealkylation sites (N-methyl/N-ethyl adjacent to an activating group) is 1. The molecule has 0 fully saturated rings. The molecule has 0 unspecified atom stereocenters. The number of nitro benzene ring substituents is 1. The zero-order valence-corrected chi connectivity index (χ0v) is 12.1. The third-order valence-corrected chi connectivity index (χ3v) is 2.62. The number of hydrogen-bond acceptors (Lipinski definition) is 5. The molecule has 0 radical (unpaired) electrons. The van der Waals surface area contributed by atoms with Gasteiger partial charge in [-0.05, 0) is 18.7 Å². The molecule has 0 aliphatic carbocycles. The van der Waals surface area contributed by atoms with Crippen LogP contribution in [0.1, 0.15) is 15.9 Å². The minimum atomic E-state index is -1.30. The smallest absolute Gasteiger partial charge is 0.342 e. The largest absolute Gasteiger partial charge is 0.477 e. The molecule has 0 atom stereocenters. The van der Waals surface area contributed by atoms with Gasteiger partial charge in [0, 0.05) is 26.3 Å². The Morgan fingerprint density at radius 2 is 2.15 bits per heavy atom. The van der Waals surface area contributed by atoms with Gasteiger partial charge in [-0.15, -0.1) is 12.4 Å². The summed E-state index contributed by atoms with van der Waals surface area (Å²) in [5.41, 5.74) is 0.00809. The van der Waals surface area contributed by atoms with Crippen LogP contribution in [0.4, 0.5) is 5.69 Å². The van der Waals surface area contributed by atoms with Crippen LogP contribution in [0.5, 0.6) is 0 Å². The number of ether oxygens (including phenoxy) is 1. The molecule has 7 nitrogen and oxygen atoms in total. The molecule has 0 bridgehead atoms. The zero-order valence-electron chi connectivity index (χ0n) is 11.2. The summed E-state index contributed by atoms with van der Waals surface area (Å²) >= 11 is 0. The van der Waals surface area contributed by atoms with Crippen molar-refractivity contribution in [3.05, 3.63) is 39.4 Å². The Labute approximate surface area is 122 Å². The molecular formula is C12H17ClN2O5. The van der Waals surface area contributed by atoms with Crippen LogP contribution in [0.25, 0.3) is 0 Å². The SMILES string of the molecule is COCCN(C)Cc1ccc(C(=O)O)c([N+](=O)[O-])c1.Cl. The molecule has 1 N–H and O–H groups in total. The lowest BCUT2D eigenvalue weighted by atomic mass is 10.1. The van der Waals surface area contributed by atoms with E-state index in [1.165, 1.54) is 12.1 Å². The Morgan fingerprint density at radius 1 is 1.50 bits per heavy atom. The van der Waals surface area contributed by atoms with Crippen molar-refractivity contribution in [2.24, 2.45) is 0 Å². The van der Waals surface area contributed by atoms with Gasteiger partial charge in [0.05, 0.1) is 11.5 Å².